The highest BCUT2D eigenvalue weighted by Crippen LogP contribution is 2.42. The van der Waals surface area contributed by atoms with Gasteiger partial charge < -0.3 is 9.30 Å². The molecule has 37 heavy (non-hydrogen) atoms. The predicted molar refractivity (Wildman–Crippen MR) is 146 cm³/mol. The molecule has 0 radical (unpaired) electrons. The third-order valence-electron chi connectivity index (χ3n) is 7.10. The lowest BCUT2D eigenvalue weighted by Crippen LogP contribution is -2.15. The summed E-state index contributed by atoms with van der Waals surface area (Å²) in [6, 6.07) is 12.8. The molecule has 0 saturated heterocycles. The molecule has 0 fully saturated rings. The van der Waals surface area contributed by atoms with Crippen LogP contribution >= 0.6 is 0 Å². The van der Waals surface area contributed by atoms with Gasteiger partial charge in [0.25, 0.3) is 10.0 Å². The normalized spacial score (nSPS) is 12.2. The van der Waals surface area contributed by atoms with E-state index in [9.17, 15) is 8.42 Å². The summed E-state index contributed by atoms with van der Waals surface area (Å²) in [4.78, 5) is 4.92. The molecule has 8 nitrogen and oxygen atoms in total. The average molecular weight is 514 g/mol. The number of benzene rings is 2. The van der Waals surface area contributed by atoms with E-state index in [4.69, 9.17) is 9.72 Å². The molecule has 0 atom stereocenters. The Morgan fingerprint density at radius 2 is 1.78 bits per heavy atom. The molecule has 2 aromatic carbocycles. The highest BCUT2D eigenvalue weighted by molar-refractivity contribution is 7.90. The minimum atomic E-state index is -4.01. The first-order chi connectivity index (χ1) is 17.8. The zero-order chi connectivity index (χ0) is 26.1. The van der Waals surface area contributed by atoms with Crippen LogP contribution in [0, 0.1) is 6.92 Å². The fourth-order valence-electron chi connectivity index (χ4n) is 5.29. The van der Waals surface area contributed by atoms with Crippen LogP contribution in [0.4, 0.5) is 0 Å². The predicted octanol–water partition coefficient (Wildman–Crippen LogP) is 5.20. The SMILES string of the molecule is CCc1c(-c2cn(C)c3ccc(OC)cc23)n(S(=O)(=O)c2ccc(C)cc2)c2ncc3cnn(C)c3c12. The number of pyridine rings is 1. The Morgan fingerprint density at radius 1 is 1.03 bits per heavy atom. The minimum Gasteiger partial charge on any atom is -0.497 e. The number of nitrogens with zero attached hydrogens (tertiary/aromatic N) is 5. The highest BCUT2D eigenvalue weighted by Gasteiger charge is 2.31. The van der Waals surface area contributed by atoms with Crippen molar-refractivity contribution >= 4 is 42.9 Å². The lowest BCUT2D eigenvalue weighted by Gasteiger charge is -2.13. The van der Waals surface area contributed by atoms with Crippen LogP contribution in [0.15, 0.2) is 66.0 Å². The zero-order valence-corrected chi connectivity index (χ0v) is 22.2. The van der Waals surface area contributed by atoms with Gasteiger partial charge in [0, 0.05) is 53.7 Å². The van der Waals surface area contributed by atoms with Gasteiger partial charge in [-0.05, 0) is 49.2 Å². The Hall–Kier alpha value is -4.11. The van der Waals surface area contributed by atoms with Gasteiger partial charge in [-0.15, -0.1) is 0 Å². The molecule has 0 aliphatic rings. The average Bonchev–Trinajstić information content (AvgIpc) is 3.54. The Kier molecular flexibility index (Phi) is 5.17. The zero-order valence-electron chi connectivity index (χ0n) is 21.3. The number of hydrogen-bond acceptors (Lipinski definition) is 5. The second kappa shape index (κ2) is 8.21. The number of fused-ring (bicyclic) bond motifs is 4. The smallest absolute Gasteiger partial charge is 0.269 e. The summed E-state index contributed by atoms with van der Waals surface area (Å²) in [6.07, 6.45) is 6.05. The van der Waals surface area contributed by atoms with Crippen LogP contribution in [0.5, 0.6) is 5.75 Å². The molecule has 0 bridgehead atoms. The molecule has 6 rings (SSSR count). The van der Waals surface area contributed by atoms with Gasteiger partial charge in [0.15, 0.2) is 5.65 Å². The van der Waals surface area contributed by atoms with Gasteiger partial charge in [0.05, 0.1) is 29.4 Å². The van der Waals surface area contributed by atoms with Crippen LogP contribution < -0.4 is 4.74 Å². The summed E-state index contributed by atoms with van der Waals surface area (Å²) >= 11 is 0. The molecular weight excluding hydrogens is 486 g/mol. The minimum absolute atomic E-state index is 0.212. The summed E-state index contributed by atoms with van der Waals surface area (Å²) in [5.41, 5.74) is 5.53. The Labute approximate surface area is 214 Å². The topological polar surface area (TPSA) is 83.9 Å². The number of hydrogen-bond donors (Lipinski definition) is 0. The van der Waals surface area contributed by atoms with Crippen LogP contribution in [-0.2, 0) is 30.5 Å². The molecule has 0 amide bonds. The van der Waals surface area contributed by atoms with Crippen molar-refractivity contribution < 1.29 is 13.2 Å². The van der Waals surface area contributed by atoms with Gasteiger partial charge in [0.1, 0.15) is 5.75 Å². The van der Waals surface area contributed by atoms with E-state index in [1.165, 1.54) is 3.97 Å². The lowest BCUT2D eigenvalue weighted by molar-refractivity contribution is 0.415. The molecule has 0 saturated carbocycles. The number of aromatic nitrogens is 5. The van der Waals surface area contributed by atoms with Crippen molar-refractivity contribution in [2.45, 2.75) is 25.2 Å². The summed E-state index contributed by atoms with van der Waals surface area (Å²) in [5, 5.41) is 7.00. The summed E-state index contributed by atoms with van der Waals surface area (Å²) in [7, 11) is 1.45. The standard InChI is InChI=1S/C28H27N5O3S/c1-6-21-25-26-18(15-30-32(26)4)14-29-28(25)33(37(34,35)20-10-7-17(2)8-11-20)27(21)23-16-31(3)24-12-9-19(36-5)13-22(23)24/h7-16H,6H2,1-5H3. The van der Waals surface area contributed by atoms with Crippen molar-refractivity contribution in [2.75, 3.05) is 7.11 Å². The van der Waals surface area contributed by atoms with E-state index >= 15 is 0 Å². The Bertz CT molecular complexity index is 1940. The quantitative estimate of drug-likeness (QED) is 0.316. The molecule has 0 unspecified atom stereocenters. The third kappa shape index (κ3) is 3.30. The summed E-state index contributed by atoms with van der Waals surface area (Å²) in [6.45, 7) is 3.98. The maximum atomic E-state index is 14.4. The molecule has 0 N–H and O–H groups in total. The van der Waals surface area contributed by atoms with Gasteiger partial charge in [-0.1, -0.05) is 24.6 Å². The molecule has 0 aliphatic heterocycles. The maximum absolute atomic E-state index is 14.4. The van der Waals surface area contributed by atoms with Crippen LogP contribution in [0.1, 0.15) is 18.1 Å². The first kappa shape index (κ1) is 23.3. The van der Waals surface area contributed by atoms with Crippen molar-refractivity contribution in [3.05, 3.63) is 72.2 Å². The first-order valence-electron chi connectivity index (χ1n) is 12.1. The van der Waals surface area contributed by atoms with Crippen LogP contribution in [0.3, 0.4) is 0 Å². The largest absolute Gasteiger partial charge is 0.497 e. The van der Waals surface area contributed by atoms with Crippen molar-refractivity contribution in [1.29, 1.82) is 0 Å². The summed E-state index contributed by atoms with van der Waals surface area (Å²) in [5.74, 6) is 0.703. The highest BCUT2D eigenvalue weighted by atomic mass is 32.2. The Morgan fingerprint density at radius 3 is 2.49 bits per heavy atom. The van der Waals surface area contributed by atoms with Crippen molar-refractivity contribution in [3.63, 3.8) is 0 Å². The first-order valence-corrected chi connectivity index (χ1v) is 13.5. The number of rotatable bonds is 5. The molecule has 6 aromatic rings. The molecule has 0 spiro atoms. The van der Waals surface area contributed by atoms with E-state index in [2.05, 4.69) is 5.10 Å². The van der Waals surface area contributed by atoms with Gasteiger partial charge in [0.2, 0.25) is 0 Å². The van der Waals surface area contributed by atoms with Gasteiger partial charge in [-0.3, -0.25) is 4.68 Å². The number of methoxy groups -OCH3 is 1. The van der Waals surface area contributed by atoms with E-state index in [0.29, 0.717) is 23.5 Å². The molecule has 4 aromatic heterocycles. The number of aryl methyl sites for hydroxylation is 4. The Balaban J connectivity index is 1.83. The van der Waals surface area contributed by atoms with Crippen molar-refractivity contribution in [3.8, 4) is 17.0 Å². The van der Waals surface area contributed by atoms with E-state index < -0.39 is 10.0 Å². The van der Waals surface area contributed by atoms with Gasteiger partial charge >= 0.3 is 0 Å². The third-order valence-corrected chi connectivity index (χ3v) is 8.81. The molecule has 4 heterocycles. The van der Waals surface area contributed by atoms with Gasteiger partial charge in [-0.25, -0.2) is 17.4 Å². The molecule has 9 heteroatoms. The maximum Gasteiger partial charge on any atom is 0.269 e. The second-order valence-electron chi connectivity index (χ2n) is 9.33. The fourth-order valence-corrected chi connectivity index (χ4v) is 6.79. The number of ether oxygens (including phenoxy) is 1. The lowest BCUT2D eigenvalue weighted by atomic mass is 10.0. The van der Waals surface area contributed by atoms with Gasteiger partial charge in [-0.2, -0.15) is 5.10 Å². The van der Waals surface area contributed by atoms with E-state index in [1.54, 1.807) is 36.3 Å². The van der Waals surface area contributed by atoms with Crippen LogP contribution in [0.25, 0.3) is 44.1 Å². The molecular formula is C28H27N5O3S. The van der Waals surface area contributed by atoms with Crippen molar-refractivity contribution in [1.82, 2.24) is 23.3 Å². The monoisotopic (exact) mass is 513 g/mol. The fraction of sp³-hybridized carbons (Fsp3) is 0.214. The van der Waals surface area contributed by atoms with Crippen LogP contribution in [0.2, 0.25) is 0 Å². The second-order valence-corrected chi connectivity index (χ2v) is 11.1. The summed E-state index contributed by atoms with van der Waals surface area (Å²) < 4.78 is 39.5. The van der Waals surface area contributed by atoms with Crippen molar-refractivity contribution in [2.24, 2.45) is 14.1 Å². The van der Waals surface area contributed by atoms with E-state index in [0.717, 1.165) is 43.9 Å². The van der Waals surface area contributed by atoms with E-state index in [1.807, 2.05) is 69.0 Å². The van der Waals surface area contributed by atoms with E-state index in [-0.39, 0.29) is 4.90 Å². The van der Waals surface area contributed by atoms with Crippen LogP contribution in [-0.4, -0.2) is 38.8 Å². The molecule has 0 aliphatic carbocycles. The molecule has 188 valence electrons.